The molecule has 7 heteroatoms. The first-order chi connectivity index (χ1) is 15.6. The first kappa shape index (κ1) is 23.0. The van der Waals surface area contributed by atoms with Gasteiger partial charge in [-0.1, -0.05) is 38.1 Å². The Balaban J connectivity index is 1.59. The first-order valence-electron chi connectivity index (χ1n) is 11.5. The van der Waals surface area contributed by atoms with Gasteiger partial charge in [0.25, 0.3) is 5.91 Å². The van der Waals surface area contributed by atoms with Crippen LogP contribution in [0.5, 0.6) is 0 Å². The maximum absolute atomic E-state index is 13.3. The zero-order valence-electron chi connectivity index (χ0n) is 20.4. The van der Waals surface area contributed by atoms with Gasteiger partial charge in [-0.3, -0.25) is 4.79 Å². The molecule has 0 radical (unpaired) electrons. The molecule has 0 N–H and O–H groups in total. The van der Waals surface area contributed by atoms with E-state index in [0.29, 0.717) is 18.8 Å². The molecule has 1 aromatic carbocycles. The second kappa shape index (κ2) is 8.96. The van der Waals surface area contributed by atoms with Crippen LogP contribution in [0.4, 0.5) is 5.69 Å². The molecule has 7 nitrogen and oxygen atoms in total. The van der Waals surface area contributed by atoms with Gasteiger partial charge in [0.2, 0.25) is 0 Å². The number of aryl methyl sites for hydroxylation is 1. The van der Waals surface area contributed by atoms with Crippen molar-refractivity contribution in [2.75, 3.05) is 32.1 Å². The van der Waals surface area contributed by atoms with E-state index in [-0.39, 0.29) is 17.2 Å². The summed E-state index contributed by atoms with van der Waals surface area (Å²) in [7, 11) is 3.93. The monoisotopic (exact) mass is 447 g/mol. The van der Waals surface area contributed by atoms with E-state index < -0.39 is 0 Å². The molecule has 33 heavy (non-hydrogen) atoms. The van der Waals surface area contributed by atoms with Crippen LogP contribution in [0.1, 0.15) is 67.1 Å². The average Bonchev–Trinajstić information content (AvgIpc) is 3.23. The second-order valence-electron chi connectivity index (χ2n) is 10.1. The minimum absolute atomic E-state index is 0.0851. The molecule has 4 rings (SSSR count). The zero-order valence-corrected chi connectivity index (χ0v) is 20.4. The Bertz CT molecular complexity index is 1140. The molecule has 0 aliphatic carbocycles. The van der Waals surface area contributed by atoms with E-state index in [1.165, 1.54) is 0 Å². The fraction of sp³-hybridized carbons (Fsp3) is 0.462. The highest BCUT2D eigenvalue weighted by molar-refractivity contribution is 5.99. The summed E-state index contributed by atoms with van der Waals surface area (Å²) in [4.78, 5) is 26.9. The van der Waals surface area contributed by atoms with Crippen LogP contribution in [0.2, 0.25) is 0 Å². The summed E-state index contributed by atoms with van der Waals surface area (Å²) >= 11 is 0. The van der Waals surface area contributed by atoms with Crippen molar-refractivity contribution in [3.63, 3.8) is 0 Å². The van der Waals surface area contributed by atoms with Crippen LogP contribution in [-0.2, 0) is 5.41 Å². The topological polar surface area (TPSA) is 75.4 Å². The quantitative estimate of drug-likeness (QED) is 0.571. The molecule has 1 amide bonds. The van der Waals surface area contributed by atoms with Crippen LogP contribution in [0.25, 0.3) is 11.3 Å². The van der Waals surface area contributed by atoms with Gasteiger partial charge < -0.3 is 14.3 Å². The van der Waals surface area contributed by atoms with E-state index in [9.17, 15) is 4.79 Å². The normalized spacial score (nSPS) is 15.0. The molecule has 2 aromatic heterocycles. The van der Waals surface area contributed by atoms with Crippen LogP contribution >= 0.6 is 0 Å². The number of piperidine rings is 1. The molecule has 174 valence electrons. The number of rotatable bonds is 4. The van der Waals surface area contributed by atoms with Crippen LogP contribution in [0.3, 0.4) is 0 Å². The predicted molar refractivity (Wildman–Crippen MR) is 130 cm³/mol. The van der Waals surface area contributed by atoms with Crippen molar-refractivity contribution >= 4 is 11.6 Å². The third-order valence-electron chi connectivity index (χ3n) is 6.17. The van der Waals surface area contributed by atoms with E-state index in [2.05, 4.69) is 30.9 Å². The van der Waals surface area contributed by atoms with E-state index in [0.717, 1.165) is 46.9 Å². The summed E-state index contributed by atoms with van der Waals surface area (Å²) < 4.78 is 5.56. The Morgan fingerprint density at radius 2 is 1.85 bits per heavy atom. The molecule has 1 saturated heterocycles. The number of carbonyl (C=O) groups is 1. The molecule has 0 atom stereocenters. The second-order valence-corrected chi connectivity index (χ2v) is 10.1. The Kier molecular flexibility index (Phi) is 6.23. The zero-order chi connectivity index (χ0) is 23.8. The van der Waals surface area contributed by atoms with E-state index in [1.807, 2.05) is 67.3 Å². The van der Waals surface area contributed by atoms with Gasteiger partial charge in [0.15, 0.2) is 5.76 Å². The molecule has 1 aliphatic heterocycles. The third-order valence-corrected chi connectivity index (χ3v) is 6.17. The molecule has 0 unspecified atom stereocenters. The maximum atomic E-state index is 13.3. The minimum Gasteiger partial charge on any atom is -0.377 e. The van der Waals surface area contributed by atoms with Crippen molar-refractivity contribution in [1.29, 1.82) is 0 Å². The molecule has 3 heterocycles. The number of benzene rings is 1. The predicted octanol–water partition coefficient (Wildman–Crippen LogP) is 4.82. The fourth-order valence-electron chi connectivity index (χ4n) is 4.32. The Morgan fingerprint density at radius 3 is 2.45 bits per heavy atom. The largest absolute Gasteiger partial charge is 0.377 e. The van der Waals surface area contributed by atoms with Crippen molar-refractivity contribution in [3.05, 3.63) is 59.3 Å². The van der Waals surface area contributed by atoms with Gasteiger partial charge >= 0.3 is 0 Å². The summed E-state index contributed by atoms with van der Waals surface area (Å²) in [6, 6.07) is 9.71. The van der Waals surface area contributed by atoms with Crippen LogP contribution in [0, 0.1) is 6.92 Å². The number of aromatic nitrogens is 3. The lowest BCUT2D eigenvalue weighted by Gasteiger charge is -2.33. The van der Waals surface area contributed by atoms with Crippen molar-refractivity contribution in [2.24, 2.45) is 0 Å². The number of nitrogens with zero attached hydrogens (tertiary/aromatic N) is 5. The van der Waals surface area contributed by atoms with Gasteiger partial charge in [0, 0.05) is 56.5 Å². The SMILES string of the molecule is Cc1cc(-c2cnc(C(C)(C)C)nc2C2CCN(C(=O)c3ccccc3N(C)C)CC2)on1. The number of hydrogen-bond acceptors (Lipinski definition) is 6. The summed E-state index contributed by atoms with van der Waals surface area (Å²) in [5.41, 5.74) is 4.25. The van der Waals surface area contributed by atoms with E-state index in [4.69, 9.17) is 9.51 Å². The molecule has 1 aliphatic rings. The average molecular weight is 448 g/mol. The number of likely N-dealkylation sites (tertiary alicyclic amines) is 1. The van der Waals surface area contributed by atoms with Crippen molar-refractivity contribution in [2.45, 2.75) is 51.9 Å². The van der Waals surface area contributed by atoms with Gasteiger partial charge in [-0.05, 0) is 31.9 Å². The smallest absolute Gasteiger partial charge is 0.255 e. The van der Waals surface area contributed by atoms with Gasteiger partial charge in [-0.15, -0.1) is 0 Å². The first-order valence-corrected chi connectivity index (χ1v) is 11.5. The van der Waals surface area contributed by atoms with Crippen LogP contribution in [0.15, 0.2) is 41.1 Å². The Morgan fingerprint density at radius 1 is 1.15 bits per heavy atom. The van der Waals surface area contributed by atoms with Crippen molar-refractivity contribution < 1.29 is 9.32 Å². The summed E-state index contributed by atoms with van der Waals surface area (Å²) in [5.74, 6) is 1.82. The number of para-hydroxylation sites is 1. The van der Waals surface area contributed by atoms with Crippen molar-refractivity contribution in [1.82, 2.24) is 20.0 Å². The number of anilines is 1. The van der Waals surface area contributed by atoms with Gasteiger partial charge in [0.05, 0.1) is 22.5 Å². The van der Waals surface area contributed by atoms with Crippen LogP contribution in [-0.4, -0.2) is 53.1 Å². The molecule has 0 spiro atoms. The van der Waals surface area contributed by atoms with Gasteiger partial charge in [-0.2, -0.15) is 0 Å². The fourth-order valence-corrected chi connectivity index (χ4v) is 4.32. The van der Waals surface area contributed by atoms with Gasteiger partial charge in [-0.25, -0.2) is 9.97 Å². The molecular formula is C26H33N5O2. The molecule has 0 bridgehead atoms. The van der Waals surface area contributed by atoms with Crippen molar-refractivity contribution in [3.8, 4) is 11.3 Å². The summed E-state index contributed by atoms with van der Waals surface area (Å²) in [6.45, 7) is 9.65. The Labute approximate surface area is 195 Å². The number of amides is 1. The van der Waals surface area contributed by atoms with Gasteiger partial charge in [0.1, 0.15) is 5.82 Å². The number of hydrogen-bond donors (Lipinski definition) is 0. The summed E-state index contributed by atoms with van der Waals surface area (Å²) in [6.07, 6.45) is 3.56. The Hall–Kier alpha value is -3.22. The standard InChI is InChI=1S/C26H33N5O2/c1-17-15-22(33-29-17)20-16-27-25(26(2,3)4)28-23(20)18-11-13-31(14-12-18)24(32)19-9-7-8-10-21(19)30(5)6/h7-10,15-16,18H,11-14H2,1-6H3. The third kappa shape index (κ3) is 4.77. The van der Waals surface area contributed by atoms with E-state index >= 15 is 0 Å². The number of carbonyl (C=O) groups excluding carboxylic acids is 1. The lowest BCUT2D eigenvalue weighted by atomic mass is 9.88. The molecular weight excluding hydrogens is 414 g/mol. The lowest BCUT2D eigenvalue weighted by Crippen LogP contribution is -2.38. The van der Waals surface area contributed by atoms with Crippen LogP contribution < -0.4 is 4.90 Å². The molecule has 0 saturated carbocycles. The molecule has 3 aromatic rings. The highest BCUT2D eigenvalue weighted by Crippen LogP contribution is 2.36. The molecule has 1 fully saturated rings. The summed E-state index contributed by atoms with van der Waals surface area (Å²) in [5, 5.41) is 4.05. The minimum atomic E-state index is -0.156. The highest BCUT2D eigenvalue weighted by atomic mass is 16.5. The maximum Gasteiger partial charge on any atom is 0.255 e. The highest BCUT2D eigenvalue weighted by Gasteiger charge is 2.30. The van der Waals surface area contributed by atoms with E-state index in [1.54, 1.807) is 0 Å². The lowest BCUT2D eigenvalue weighted by molar-refractivity contribution is 0.0712.